The van der Waals surface area contributed by atoms with E-state index in [9.17, 15) is 0 Å². The summed E-state index contributed by atoms with van der Waals surface area (Å²) in [7, 11) is 1.96. The number of piperazine rings is 1. The molecule has 166 valence electrons. The largest absolute Gasteiger partial charge is 0.357 e. The lowest BCUT2D eigenvalue weighted by atomic mass is 10.1. The summed E-state index contributed by atoms with van der Waals surface area (Å²) in [5.41, 5.74) is 3.80. The molecule has 0 aliphatic carbocycles. The van der Waals surface area contributed by atoms with Gasteiger partial charge in [-0.2, -0.15) is 5.10 Å². The molecule has 1 fully saturated rings. The minimum Gasteiger partial charge on any atom is -0.357 e. The van der Waals surface area contributed by atoms with Gasteiger partial charge >= 0.3 is 0 Å². The highest BCUT2D eigenvalue weighted by Gasteiger charge is 2.16. The van der Waals surface area contributed by atoms with Crippen molar-refractivity contribution >= 4 is 29.9 Å². The molecule has 0 amide bonds. The molecule has 2 aromatic rings. The Bertz CT molecular complexity index is 781. The molecule has 0 saturated carbocycles. The van der Waals surface area contributed by atoms with Crippen LogP contribution in [0.4, 0.5) is 0 Å². The van der Waals surface area contributed by atoms with Gasteiger partial charge in [0.15, 0.2) is 5.96 Å². The van der Waals surface area contributed by atoms with Crippen molar-refractivity contribution in [2.75, 3.05) is 39.3 Å². The summed E-state index contributed by atoms with van der Waals surface area (Å²) < 4.78 is 1.88. The number of nitrogens with one attached hydrogen (secondary N) is 2. The summed E-state index contributed by atoms with van der Waals surface area (Å²) in [6.07, 6.45) is 1.82. The second kappa shape index (κ2) is 12.9. The van der Waals surface area contributed by atoms with Gasteiger partial charge in [-0.25, -0.2) is 4.99 Å². The zero-order chi connectivity index (χ0) is 20.5. The molecule has 30 heavy (non-hydrogen) atoms. The topological polar surface area (TPSA) is 60.7 Å². The quantitative estimate of drug-likeness (QED) is 0.315. The van der Waals surface area contributed by atoms with Gasteiger partial charge in [0.05, 0.1) is 18.8 Å². The normalized spacial score (nSPS) is 15.6. The molecule has 3 rings (SSSR count). The molecule has 0 atom stereocenters. The van der Waals surface area contributed by atoms with Crippen molar-refractivity contribution in [3.05, 3.63) is 53.3 Å². The van der Waals surface area contributed by atoms with Crippen molar-refractivity contribution in [3.63, 3.8) is 0 Å². The van der Waals surface area contributed by atoms with E-state index >= 15 is 0 Å². The maximum atomic E-state index is 4.83. The average Bonchev–Trinajstić information content (AvgIpc) is 3.16. The number of halogens is 1. The van der Waals surface area contributed by atoms with E-state index in [2.05, 4.69) is 63.6 Å². The molecular weight excluding hydrogens is 489 g/mol. The van der Waals surface area contributed by atoms with Gasteiger partial charge in [0.2, 0.25) is 0 Å². The molecule has 2 heterocycles. The van der Waals surface area contributed by atoms with Gasteiger partial charge in [0, 0.05) is 52.5 Å². The van der Waals surface area contributed by atoms with E-state index in [0.717, 1.165) is 44.4 Å². The first-order chi connectivity index (χ1) is 14.2. The molecule has 7 nitrogen and oxygen atoms in total. The van der Waals surface area contributed by atoms with E-state index in [-0.39, 0.29) is 24.0 Å². The molecule has 2 N–H and O–H groups in total. The number of benzene rings is 1. The predicted octanol–water partition coefficient (Wildman–Crippen LogP) is 2.43. The number of aliphatic imine (C=N–C) groups is 1. The Hall–Kier alpha value is -1.65. The zero-order valence-electron chi connectivity index (χ0n) is 18.5. The van der Waals surface area contributed by atoms with Gasteiger partial charge in [0.25, 0.3) is 0 Å². The van der Waals surface area contributed by atoms with E-state index in [4.69, 9.17) is 4.99 Å². The molecular formula is C22H36IN7. The predicted molar refractivity (Wildman–Crippen MR) is 134 cm³/mol. The number of hydrogen-bond acceptors (Lipinski definition) is 4. The second-order valence-electron chi connectivity index (χ2n) is 7.47. The van der Waals surface area contributed by atoms with Gasteiger partial charge in [-0.15, -0.1) is 24.0 Å². The highest BCUT2D eigenvalue weighted by atomic mass is 127. The highest BCUT2D eigenvalue weighted by molar-refractivity contribution is 14.0. The third kappa shape index (κ3) is 7.24. The number of hydrogen-bond donors (Lipinski definition) is 2. The fourth-order valence-corrected chi connectivity index (χ4v) is 3.63. The molecule has 0 radical (unpaired) electrons. The molecule has 8 heteroatoms. The van der Waals surface area contributed by atoms with Crippen LogP contribution in [0.25, 0.3) is 0 Å². The van der Waals surface area contributed by atoms with Crippen molar-refractivity contribution in [2.45, 2.75) is 33.5 Å². The van der Waals surface area contributed by atoms with Gasteiger partial charge in [0.1, 0.15) is 0 Å². The van der Waals surface area contributed by atoms with E-state index < -0.39 is 0 Å². The highest BCUT2D eigenvalue weighted by Crippen LogP contribution is 2.14. The second-order valence-corrected chi connectivity index (χ2v) is 7.47. The van der Waals surface area contributed by atoms with Gasteiger partial charge in [-0.3, -0.25) is 9.58 Å². The van der Waals surface area contributed by atoms with Crippen LogP contribution in [0.5, 0.6) is 0 Å². The first-order valence-corrected chi connectivity index (χ1v) is 10.7. The number of guanidine groups is 1. The standard InChI is InChI=1S/C22H35N7.HI/c1-4-23-22(25-17-21-10-11-26-27(21)3)24-16-19-8-6-7-9-20(19)18-29-14-12-28(5-2)13-15-29;/h6-11H,4-5,12-18H2,1-3H3,(H2,23,24,25);1H. The van der Waals surface area contributed by atoms with Crippen molar-refractivity contribution in [2.24, 2.45) is 12.0 Å². The van der Waals surface area contributed by atoms with Crippen molar-refractivity contribution in [3.8, 4) is 0 Å². The van der Waals surface area contributed by atoms with Gasteiger partial charge in [-0.1, -0.05) is 31.2 Å². The molecule has 1 aliphatic heterocycles. The van der Waals surface area contributed by atoms with E-state index in [0.29, 0.717) is 13.1 Å². The summed E-state index contributed by atoms with van der Waals surface area (Å²) in [4.78, 5) is 9.90. The van der Waals surface area contributed by atoms with Crippen molar-refractivity contribution < 1.29 is 0 Å². The Morgan fingerprint density at radius 2 is 1.70 bits per heavy atom. The van der Waals surface area contributed by atoms with E-state index in [1.165, 1.54) is 24.2 Å². The van der Waals surface area contributed by atoms with Gasteiger partial charge in [-0.05, 0) is 30.7 Å². The van der Waals surface area contributed by atoms with Crippen LogP contribution in [-0.2, 0) is 26.7 Å². The number of aryl methyl sites for hydroxylation is 1. The smallest absolute Gasteiger partial charge is 0.191 e. The lowest BCUT2D eigenvalue weighted by molar-refractivity contribution is 0.131. The lowest BCUT2D eigenvalue weighted by Crippen LogP contribution is -2.45. The number of aromatic nitrogens is 2. The molecule has 1 aromatic heterocycles. The van der Waals surface area contributed by atoms with Crippen LogP contribution in [-0.4, -0.2) is 64.8 Å². The number of nitrogens with zero attached hydrogens (tertiary/aromatic N) is 5. The molecule has 1 aliphatic rings. The molecule has 0 unspecified atom stereocenters. The van der Waals surface area contributed by atoms with Crippen LogP contribution in [0.15, 0.2) is 41.5 Å². The summed E-state index contributed by atoms with van der Waals surface area (Å²) in [6, 6.07) is 10.7. The maximum Gasteiger partial charge on any atom is 0.191 e. The van der Waals surface area contributed by atoms with Crippen LogP contribution < -0.4 is 10.6 Å². The fraction of sp³-hybridized carbons (Fsp3) is 0.545. The fourth-order valence-electron chi connectivity index (χ4n) is 3.63. The Balaban J connectivity index is 0.00000320. The van der Waals surface area contributed by atoms with Crippen LogP contribution in [0, 0.1) is 0 Å². The zero-order valence-corrected chi connectivity index (χ0v) is 20.8. The van der Waals surface area contributed by atoms with E-state index in [1.54, 1.807) is 0 Å². The molecule has 1 aromatic carbocycles. The Labute approximate surface area is 197 Å². The Kier molecular flexibility index (Phi) is 10.6. The molecule has 0 spiro atoms. The van der Waals surface area contributed by atoms with Gasteiger partial charge < -0.3 is 15.5 Å². The van der Waals surface area contributed by atoms with E-state index in [1.807, 2.05) is 24.0 Å². The summed E-state index contributed by atoms with van der Waals surface area (Å²) >= 11 is 0. The SMILES string of the molecule is CCNC(=NCc1ccccc1CN1CCN(CC)CC1)NCc1ccnn1C.I. The third-order valence-corrected chi connectivity index (χ3v) is 5.54. The van der Waals surface area contributed by atoms with Crippen LogP contribution in [0.2, 0.25) is 0 Å². The summed E-state index contributed by atoms with van der Waals surface area (Å²) in [6.45, 7) is 13.3. The minimum atomic E-state index is 0. The third-order valence-electron chi connectivity index (χ3n) is 5.54. The molecule has 1 saturated heterocycles. The lowest BCUT2D eigenvalue weighted by Gasteiger charge is -2.34. The monoisotopic (exact) mass is 525 g/mol. The molecule has 0 bridgehead atoms. The summed E-state index contributed by atoms with van der Waals surface area (Å²) in [5, 5.41) is 11.0. The Morgan fingerprint density at radius 3 is 2.33 bits per heavy atom. The number of rotatable bonds is 8. The van der Waals surface area contributed by atoms with Crippen molar-refractivity contribution in [1.82, 2.24) is 30.2 Å². The summed E-state index contributed by atoms with van der Waals surface area (Å²) in [5.74, 6) is 0.833. The Morgan fingerprint density at radius 1 is 1.00 bits per heavy atom. The minimum absolute atomic E-state index is 0. The van der Waals surface area contributed by atoms with Crippen LogP contribution >= 0.6 is 24.0 Å². The first kappa shape index (κ1) is 24.6. The first-order valence-electron chi connectivity index (χ1n) is 10.7. The van der Waals surface area contributed by atoms with Crippen LogP contribution in [0.1, 0.15) is 30.7 Å². The maximum absolute atomic E-state index is 4.83. The van der Waals surface area contributed by atoms with Crippen LogP contribution in [0.3, 0.4) is 0 Å². The number of likely N-dealkylation sites (N-methyl/N-ethyl adjacent to an activating group) is 1. The van der Waals surface area contributed by atoms with Crippen molar-refractivity contribution in [1.29, 1.82) is 0 Å². The average molecular weight is 525 g/mol.